The molecule has 0 amide bonds. The van der Waals surface area contributed by atoms with E-state index in [0.29, 0.717) is 12.3 Å². The molecule has 0 bridgehead atoms. The molecule has 4 aromatic rings. The minimum Gasteiger partial charge on any atom is -0.358 e. The lowest BCUT2D eigenvalue weighted by Crippen LogP contribution is -2.34. The molecule has 5 heteroatoms. The van der Waals surface area contributed by atoms with E-state index in [-0.39, 0.29) is 11.6 Å². The number of piperidine rings is 1. The van der Waals surface area contributed by atoms with Crippen LogP contribution in [0.5, 0.6) is 0 Å². The van der Waals surface area contributed by atoms with Crippen molar-refractivity contribution in [2.45, 2.75) is 38.6 Å². The second kappa shape index (κ2) is 8.83. The molecule has 0 saturated carbocycles. The molecule has 3 heterocycles. The molecular formula is C27H27F2N3. The van der Waals surface area contributed by atoms with E-state index in [2.05, 4.69) is 28.9 Å². The monoisotopic (exact) mass is 431 g/mol. The lowest BCUT2D eigenvalue weighted by atomic mass is 9.93. The standard InChI is InChI=1S/C27H27F2N3/c1-18-25(24-14-23(29)8-10-27(24)31-18)17-32-11-3-5-21(16-32)26-9-7-20(15-30-26)12-19-4-2-6-22(28)13-19/h2,4,6-10,13-15,21,31H,3,5,11-12,16-17H2,1H3. The quantitative estimate of drug-likeness (QED) is 0.413. The molecule has 2 aromatic carbocycles. The number of likely N-dealkylation sites (tertiary alicyclic amines) is 1. The maximum atomic E-state index is 13.8. The number of nitrogens with one attached hydrogen (secondary N) is 1. The van der Waals surface area contributed by atoms with Gasteiger partial charge < -0.3 is 4.98 Å². The molecule has 1 saturated heterocycles. The molecule has 0 radical (unpaired) electrons. The first-order valence-corrected chi connectivity index (χ1v) is 11.2. The largest absolute Gasteiger partial charge is 0.358 e. The predicted octanol–water partition coefficient (Wildman–Crippen LogP) is 6.12. The van der Waals surface area contributed by atoms with Gasteiger partial charge in [-0.3, -0.25) is 9.88 Å². The van der Waals surface area contributed by atoms with E-state index in [1.165, 1.54) is 17.7 Å². The molecule has 5 rings (SSSR count). The van der Waals surface area contributed by atoms with Crippen LogP contribution in [0.2, 0.25) is 0 Å². The van der Waals surface area contributed by atoms with E-state index in [1.807, 2.05) is 18.3 Å². The number of fused-ring (bicyclic) bond motifs is 1. The van der Waals surface area contributed by atoms with Gasteiger partial charge in [0.1, 0.15) is 11.6 Å². The van der Waals surface area contributed by atoms with Crippen LogP contribution in [0.3, 0.4) is 0 Å². The summed E-state index contributed by atoms with van der Waals surface area (Å²) in [6, 6.07) is 15.9. The molecule has 0 spiro atoms. The molecule has 1 unspecified atom stereocenters. The van der Waals surface area contributed by atoms with Crippen LogP contribution in [0, 0.1) is 18.6 Å². The summed E-state index contributed by atoms with van der Waals surface area (Å²) in [7, 11) is 0. The lowest BCUT2D eigenvalue weighted by Gasteiger charge is -2.32. The number of hydrogen-bond acceptors (Lipinski definition) is 2. The van der Waals surface area contributed by atoms with Crippen LogP contribution in [0.15, 0.2) is 60.8 Å². The highest BCUT2D eigenvalue weighted by Crippen LogP contribution is 2.30. The Hall–Kier alpha value is -3.05. The van der Waals surface area contributed by atoms with Crippen LogP contribution in [-0.4, -0.2) is 28.0 Å². The van der Waals surface area contributed by atoms with Crippen molar-refractivity contribution >= 4 is 10.9 Å². The minimum absolute atomic E-state index is 0.197. The third kappa shape index (κ3) is 4.44. The first kappa shape index (κ1) is 20.8. The van der Waals surface area contributed by atoms with Gasteiger partial charge in [-0.15, -0.1) is 0 Å². The zero-order valence-corrected chi connectivity index (χ0v) is 18.2. The Morgan fingerprint density at radius 2 is 1.91 bits per heavy atom. The molecule has 164 valence electrons. The molecule has 1 aliphatic rings. The predicted molar refractivity (Wildman–Crippen MR) is 124 cm³/mol. The number of pyridine rings is 1. The topological polar surface area (TPSA) is 31.9 Å². The fourth-order valence-corrected chi connectivity index (χ4v) is 4.89. The fraction of sp³-hybridized carbons (Fsp3) is 0.296. The Morgan fingerprint density at radius 1 is 1.03 bits per heavy atom. The van der Waals surface area contributed by atoms with Crippen LogP contribution in [0.4, 0.5) is 8.78 Å². The minimum atomic E-state index is -0.206. The summed E-state index contributed by atoms with van der Waals surface area (Å²) in [5.74, 6) is -0.0198. The van der Waals surface area contributed by atoms with Gasteiger partial charge in [0, 0.05) is 47.5 Å². The average molecular weight is 432 g/mol. The molecule has 1 aliphatic heterocycles. The van der Waals surface area contributed by atoms with Gasteiger partial charge in [-0.1, -0.05) is 18.2 Å². The zero-order valence-electron chi connectivity index (χ0n) is 18.2. The Balaban J connectivity index is 1.28. The first-order valence-electron chi connectivity index (χ1n) is 11.2. The van der Waals surface area contributed by atoms with Crippen molar-refractivity contribution in [1.82, 2.24) is 14.9 Å². The van der Waals surface area contributed by atoms with E-state index in [9.17, 15) is 8.78 Å². The Kier molecular flexibility index (Phi) is 5.75. The summed E-state index contributed by atoms with van der Waals surface area (Å²) < 4.78 is 27.3. The van der Waals surface area contributed by atoms with Gasteiger partial charge in [-0.2, -0.15) is 0 Å². The number of H-pyrrole nitrogens is 1. The lowest BCUT2D eigenvalue weighted by molar-refractivity contribution is 0.199. The molecule has 3 nitrogen and oxygen atoms in total. The Morgan fingerprint density at radius 3 is 2.72 bits per heavy atom. The highest BCUT2D eigenvalue weighted by Gasteiger charge is 2.24. The van der Waals surface area contributed by atoms with E-state index >= 15 is 0 Å². The maximum Gasteiger partial charge on any atom is 0.123 e. The molecule has 1 N–H and O–H groups in total. The van der Waals surface area contributed by atoms with Gasteiger partial charge in [0.2, 0.25) is 0 Å². The smallest absolute Gasteiger partial charge is 0.123 e. The summed E-state index contributed by atoms with van der Waals surface area (Å²) in [6.07, 6.45) is 4.84. The van der Waals surface area contributed by atoms with Crippen molar-refractivity contribution in [3.05, 3.63) is 101 Å². The number of aryl methyl sites for hydroxylation is 1. The number of halogens is 2. The van der Waals surface area contributed by atoms with Crippen LogP contribution >= 0.6 is 0 Å². The van der Waals surface area contributed by atoms with Crippen LogP contribution in [-0.2, 0) is 13.0 Å². The second-order valence-electron chi connectivity index (χ2n) is 8.89. The van der Waals surface area contributed by atoms with Gasteiger partial charge >= 0.3 is 0 Å². The third-order valence-electron chi connectivity index (χ3n) is 6.53. The van der Waals surface area contributed by atoms with Gasteiger partial charge in [0.15, 0.2) is 0 Å². The van der Waals surface area contributed by atoms with Crippen LogP contribution in [0.25, 0.3) is 10.9 Å². The van der Waals surface area contributed by atoms with E-state index in [4.69, 9.17) is 4.98 Å². The van der Waals surface area contributed by atoms with Gasteiger partial charge in [0.05, 0.1) is 0 Å². The van der Waals surface area contributed by atoms with Crippen molar-refractivity contribution < 1.29 is 8.78 Å². The van der Waals surface area contributed by atoms with Crippen molar-refractivity contribution in [3.63, 3.8) is 0 Å². The first-order chi connectivity index (χ1) is 15.5. The molecule has 2 aromatic heterocycles. The second-order valence-corrected chi connectivity index (χ2v) is 8.89. The molecule has 1 fully saturated rings. The number of hydrogen-bond donors (Lipinski definition) is 1. The number of benzene rings is 2. The van der Waals surface area contributed by atoms with Crippen molar-refractivity contribution in [1.29, 1.82) is 0 Å². The highest BCUT2D eigenvalue weighted by atomic mass is 19.1. The zero-order chi connectivity index (χ0) is 22.1. The van der Waals surface area contributed by atoms with Crippen LogP contribution in [0.1, 0.15) is 46.8 Å². The molecule has 32 heavy (non-hydrogen) atoms. The number of aromatic nitrogens is 2. The fourth-order valence-electron chi connectivity index (χ4n) is 4.89. The van der Waals surface area contributed by atoms with Gasteiger partial charge in [-0.25, -0.2) is 8.78 Å². The highest BCUT2D eigenvalue weighted by molar-refractivity contribution is 5.84. The Bertz CT molecular complexity index is 1230. The average Bonchev–Trinajstić information content (AvgIpc) is 3.09. The van der Waals surface area contributed by atoms with Crippen molar-refractivity contribution in [3.8, 4) is 0 Å². The summed E-state index contributed by atoms with van der Waals surface area (Å²) in [6.45, 7) is 4.85. The summed E-state index contributed by atoms with van der Waals surface area (Å²) in [4.78, 5) is 10.6. The number of rotatable bonds is 5. The van der Waals surface area contributed by atoms with Gasteiger partial charge in [-0.05, 0) is 85.8 Å². The number of nitrogens with zero attached hydrogens (tertiary/aromatic N) is 2. The van der Waals surface area contributed by atoms with E-state index in [0.717, 1.165) is 65.9 Å². The SMILES string of the molecule is Cc1[nH]c2ccc(F)cc2c1CN1CCCC(c2ccc(Cc3cccc(F)c3)cn2)C1. The van der Waals surface area contributed by atoms with Crippen LogP contribution < -0.4 is 0 Å². The van der Waals surface area contributed by atoms with Crippen molar-refractivity contribution in [2.24, 2.45) is 0 Å². The molecule has 0 aliphatic carbocycles. The number of aromatic amines is 1. The summed E-state index contributed by atoms with van der Waals surface area (Å²) >= 11 is 0. The van der Waals surface area contributed by atoms with E-state index < -0.39 is 0 Å². The Labute approximate surface area is 187 Å². The normalized spacial score (nSPS) is 17.2. The maximum absolute atomic E-state index is 13.8. The van der Waals surface area contributed by atoms with E-state index in [1.54, 1.807) is 18.2 Å². The van der Waals surface area contributed by atoms with Gasteiger partial charge in [0.25, 0.3) is 0 Å². The summed E-state index contributed by atoms with van der Waals surface area (Å²) in [5, 5.41) is 0.976. The molecule has 1 atom stereocenters. The third-order valence-corrected chi connectivity index (χ3v) is 6.53. The molecular weight excluding hydrogens is 404 g/mol. The van der Waals surface area contributed by atoms with Crippen molar-refractivity contribution in [2.75, 3.05) is 13.1 Å². The summed E-state index contributed by atoms with van der Waals surface area (Å²) in [5.41, 5.74) is 6.42.